The number of hydrogen-bond acceptors (Lipinski definition) is 4. The predicted octanol–water partition coefficient (Wildman–Crippen LogP) is 0.805. The van der Waals surface area contributed by atoms with Gasteiger partial charge in [-0.05, 0) is 25.0 Å². The average Bonchev–Trinajstić information content (AvgIpc) is 2.17. The predicted molar refractivity (Wildman–Crippen MR) is 51.0 cm³/mol. The molecule has 0 aliphatic heterocycles. The molecule has 0 aliphatic carbocycles. The molecule has 0 aliphatic rings. The summed E-state index contributed by atoms with van der Waals surface area (Å²) in [4.78, 5) is 4.08. The van der Waals surface area contributed by atoms with E-state index in [0.717, 1.165) is 11.3 Å². The summed E-state index contributed by atoms with van der Waals surface area (Å²) in [6, 6.07) is 3.82. The molecule has 1 rings (SSSR count). The van der Waals surface area contributed by atoms with Crippen LogP contribution in [0, 0.1) is 18.3 Å². The molecule has 1 aromatic heterocycles. The van der Waals surface area contributed by atoms with Crippen molar-refractivity contribution >= 4 is 0 Å². The number of aliphatic hydroxyl groups excluding tert-OH is 1. The van der Waals surface area contributed by atoms with Gasteiger partial charge < -0.3 is 9.84 Å². The van der Waals surface area contributed by atoms with Gasteiger partial charge in [0.2, 0.25) is 5.88 Å². The van der Waals surface area contributed by atoms with Gasteiger partial charge in [0.05, 0.1) is 7.11 Å². The van der Waals surface area contributed by atoms with Crippen molar-refractivity contribution < 1.29 is 9.84 Å². The first kappa shape index (κ1) is 10.5. The Hall–Kier alpha value is -1.60. The molecular formula is C10H12N2O2. The van der Waals surface area contributed by atoms with Gasteiger partial charge in [-0.25, -0.2) is 4.98 Å². The number of aromatic nitrogens is 1. The number of aryl methyl sites for hydroxylation is 1. The van der Waals surface area contributed by atoms with Crippen molar-refractivity contribution in [3.63, 3.8) is 0 Å². The Morgan fingerprint density at radius 1 is 1.64 bits per heavy atom. The standard InChI is InChI=1S/C10H12N2O2/c1-7-5-8(3-4-13)9(6-11)10(12-7)14-2/h5,13H,3-4H2,1-2H3. The van der Waals surface area contributed by atoms with E-state index in [1.54, 1.807) is 6.07 Å². The first-order valence-corrected chi connectivity index (χ1v) is 4.28. The lowest BCUT2D eigenvalue weighted by Gasteiger charge is -2.07. The SMILES string of the molecule is COc1nc(C)cc(CCO)c1C#N. The lowest BCUT2D eigenvalue weighted by molar-refractivity contribution is 0.299. The largest absolute Gasteiger partial charge is 0.480 e. The number of ether oxygens (including phenoxy) is 1. The van der Waals surface area contributed by atoms with Crippen LogP contribution in [0.5, 0.6) is 5.88 Å². The van der Waals surface area contributed by atoms with Gasteiger partial charge in [0.1, 0.15) is 11.6 Å². The number of hydrogen-bond donors (Lipinski definition) is 1. The molecule has 4 heteroatoms. The van der Waals surface area contributed by atoms with E-state index in [9.17, 15) is 0 Å². The summed E-state index contributed by atoms with van der Waals surface area (Å²) in [7, 11) is 1.48. The molecule has 0 saturated heterocycles. The zero-order chi connectivity index (χ0) is 10.6. The van der Waals surface area contributed by atoms with Crippen LogP contribution >= 0.6 is 0 Å². The van der Waals surface area contributed by atoms with Crippen molar-refractivity contribution in [1.29, 1.82) is 5.26 Å². The summed E-state index contributed by atoms with van der Waals surface area (Å²) in [5, 5.41) is 17.7. The van der Waals surface area contributed by atoms with Crippen LogP contribution in [0.2, 0.25) is 0 Å². The Morgan fingerprint density at radius 2 is 2.36 bits per heavy atom. The molecule has 4 nitrogen and oxygen atoms in total. The highest BCUT2D eigenvalue weighted by molar-refractivity contribution is 5.46. The first-order valence-electron chi connectivity index (χ1n) is 4.28. The van der Waals surface area contributed by atoms with Crippen LogP contribution in [0.25, 0.3) is 0 Å². The van der Waals surface area contributed by atoms with Gasteiger partial charge in [-0.1, -0.05) is 0 Å². The molecule has 1 aromatic rings. The van der Waals surface area contributed by atoms with Gasteiger partial charge in [0.15, 0.2) is 0 Å². The smallest absolute Gasteiger partial charge is 0.231 e. The first-order chi connectivity index (χ1) is 6.72. The summed E-state index contributed by atoms with van der Waals surface area (Å²) < 4.78 is 4.99. The third-order valence-corrected chi connectivity index (χ3v) is 1.88. The Bertz CT molecular complexity index is 369. The van der Waals surface area contributed by atoms with Gasteiger partial charge in [-0.3, -0.25) is 0 Å². The lowest BCUT2D eigenvalue weighted by Crippen LogP contribution is -2.01. The van der Waals surface area contributed by atoms with Crippen LogP contribution in [0.4, 0.5) is 0 Å². The second-order valence-corrected chi connectivity index (χ2v) is 2.89. The zero-order valence-electron chi connectivity index (χ0n) is 8.24. The molecule has 0 fully saturated rings. The third-order valence-electron chi connectivity index (χ3n) is 1.88. The second-order valence-electron chi connectivity index (χ2n) is 2.89. The zero-order valence-corrected chi connectivity index (χ0v) is 8.24. The monoisotopic (exact) mass is 192 g/mol. The fourth-order valence-corrected chi connectivity index (χ4v) is 1.29. The van der Waals surface area contributed by atoms with E-state index in [2.05, 4.69) is 4.98 Å². The second kappa shape index (κ2) is 4.58. The van der Waals surface area contributed by atoms with Crippen molar-refractivity contribution in [2.75, 3.05) is 13.7 Å². The molecule has 1 N–H and O–H groups in total. The minimum absolute atomic E-state index is 0.0152. The summed E-state index contributed by atoms with van der Waals surface area (Å²) >= 11 is 0. The van der Waals surface area contributed by atoms with Crippen LogP contribution < -0.4 is 4.74 Å². The molecule has 0 amide bonds. The van der Waals surface area contributed by atoms with Crippen molar-refractivity contribution in [2.24, 2.45) is 0 Å². The highest BCUT2D eigenvalue weighted by atomic mass is 16.5. The lowest BCUT2D eigenvalue weighted by atomic mass is 10.1. The van der Waals surface area contributed by atoms with E-state index in [1.165, 1.54) is 7.11 Å². The molecule has 14 heavy (non-hydrogen) atoms. The normalized spacial score (nSPS) is 9.57. The minimum Gasteiger partial charge on any atom is -0.480 e. The topological polar surface area (TPSA) is 66.1 Å². The van der Waals surface area contributed by atoms with Crippen LogP contribution in [0.3, 0.4) is 0 Å². The third kappa shape index (κ3) is 2.01. The number of nitrogens with zero attached hydrogens (tertiary/aromatic N) is 2. The molecule has 74 valence electrons. The van der Waals surface area contributed by atoms with Crippen LogP contribution in [-0.2, 0) is 6.42 Å². The van der Waals surface area contributed by atoms with Gasteiger partial charge in [0, 0.05) is 12.3 Å². The minimum atomic E-state index is 0.0152. The van der Waals surface area contributed by atoms with E-state index in [0.29, 0.717) is 17.9 Å². The number of nitriles is 1. The summed E-state index contributed by atoms with van der Waals surface area (Å²) in [5.41, 5.74) is 1.97. The molecule has 0 bridgehead atoms. The number of aliphatic hydroxyl groups is 1. The number of methoxy groups -OCH3 is 1. The van der Waals surface area contributed by atoms with Crippen LogP contribution in [-0.4, -0.2) is 23.8 Å². The summed E-state index contributed by atoms with van der Waals surface area (Å²) in [5.74, 6) is 0.330. The van der Waals surface area contributed by atoms with E-state index in [1.807, 2.05) is 13.0 Å². The molecule has 0 atom stereocenters. The molecule has 0 aromatic carbocycles. The van der Waals surface area contributed by atoms with Crippen molar-refractivity contribution in [3.8, 4) is 11.9 Å². The van der Waals surface area contributed by atoms with Crippen molar-refractivity contribution in [1.82, 2.24) is 4.98 Å². The van der Waals surface area contributed by atoms with Crippen molar-refractivity contribution in [3.05, 3.63) is 22.9 Å². The Morgan fingerprint density at radius 3 is 2.86 bits per heavy atom. The fraction of sp³-hybridized carbons (Fsp3) is 0.400. The highest BCUT2D eigenvalue weighted by Crippen LogP contribution is 2.20. The van der Waals surface area contributed by atoms with E-state index < -0.39 is 0 Å². The quantitative estimate of drug-likeness (QED) is 0.769. The molecule has 1 heterocycles. The fourth-order valence-electron chi connectivity index (χ4n) is 1.29. The summed E-state index contributed by atoms with van der Waals surface area (Å²) in [6.07, 6.45) is 0.447. The molecular weight excluding hydrogens is 180 g/mol. The highest BCUT2D eigenvalue weighted by Gasteiger charge is 2.10. The number of pyridine rings is 1. The van der Waals surface area contributed by atoms with Gasteiger partial charge in [0.25, 0.3) is 0 Å². The molecule has 0 radical (unpaired) electrons. The maximum absolute atomic E-state index is 8.90. The van der Waals surface area contributed by atoms with Gasteiger partial charge in [-0.15, -0.1) is 0 Å². The van der Waals surface area contributed by atoms with Crippen LogP contribution in [0.15, 0.2) is 6.07 Å². The average molecular weight is 192 g/mol. The van der Waals surface area contributed by atoms with Gasteiger partial charge >= 0.3 is 0 Å². The number of rotatable bonds is 3. The molecule has 0 saturated carbocycles. The maximum atomic E-state index is 8.90. The van der Waals surface area contributed by atoms with E-state index >= 15 is 0 Å². The Balaban J connectivity index is 3.26. The molecule has 0 spiro atoms. The van der Waals surface area contributed by atoms with Gasteiger partial charge in [-0.2, -0.15) is 5.26 Å². The van der Waals surface area contributed by atoms with E-state index in [-0.39, 0.29) is 6.61 Å². The Labute approximate surface area is 82.8 Å². The van der Waals surface area contributed by atoms with E-state index in [4.69, 9.17) is 15.1 Å². The Kier molecular flexibility index (Phi) is 3.43. The summed E-state index contributed by atoms with van der Waals surface area (Å²) in [6.45, 7) is 1.84. The van der Waals surface area contributed by atoms with Crippen molar-refractivity contribution in [2.45, 2.75) is 13.3 Å². The van der Waals surface area contributed by atoms with Crippen LogP contribution in [0.1, 0.15) is 16.8 Å². The molecule has 0 unspecified atom stereocenters. The maximum Gasteiger partial charge on any atom is 0.231 e.